The standard InChI is InChI=1S/C21H27N3O3/c1-14(2)21(26)24-15(3)11-22-13-18(24)20(25)23-12-16-6-8-17(9-7-16)19-5-4-10-27-19/h4-10,14-15,18,22H,11-13H2,1-3H3,(H,23,25)/t15-,18-/m1/s1. The first-order valence-electron chi connectivity index (χ1n) is 9.40. The summed E-state index contributed by atoms with van der Waals surface area (Å²) in [6.45, 7) is 7.31. The number of carbonyl (C=O) groups is 2. The van der Waals surface area contributed by atoms with Gasteiger partial charge in [0.05, 0.1) is 6.26 Å². The molecule has 0 bridgehead atoms. The summed E-state index contributed by atoms with van der Waals surface area (Å²) in [6.07, 6.45) is 1.65. The maximum atomic E-state index is 12.7. The zero-order valence-corrected chi connectivity index (χ0v) is 16.1. The van der Waals surface area contributed by atoms with Crippen molar-refractivity contribution in [1.29, 1.82) is 0 Å². The first-order valence-corrected chi connectivity index (χ1v) is 9.40. The Morgan fingerprint density at radius 2 is 1.96 bits per heavy atom. The highest BCUT2D eigenvalue weighted by Crippen LogP contribution is 2.20. The van der Waals surface area contributed by atoms with Crippen LogP contribution in [0.2, 0.25) is 0 Å². The number of furan rings is 1. The first kappa shape index (κ1) is 19.2. The maximum Gasteiger partial charge on any atom is 0.244 e. The van der Waals surface area contributed by atoms with Crippen LogP contribution in [0.15, 0.2) is 47.1 Å². The van der Waals surface area contributed by atoms with Crippen molar-refractivity contribution in [2.75, 3.05) is 13.1 Å². The van der Waals surface area contributed by atoms with Crippen LogP contribution in [0.1, 0.15) is 26.3 Å². The van der Waals surface area contributed by atoms with Crippen molar-refractivity contribution in [3.05, 3.63) is 48.2 Å². The van der Waals surface area contributed by atoms with Gasteiger partial charge in [-0.25, -0.2) is 0 Å². The predicted molar refractivity (Wildman–Crippen MR) is 104 cm³/mol. The van der Waals surface area contributed by atoms with E-state index in [0.29, 0.717) is 19.6 Å². The van der Waals surface area contributed by atoms with Gasteiger partial charge >= 0.3 is 0 Å². The number of piperazine rings is 1. The number of carbonyl (C=O) groups excluding carboxylic acids is 2. The lowest BCUT2D eigenvalue weighted by Gasteiger charge is -2.41. The van der Waals surface area contributed by atoms with Crippen LogP contribution in [0.5, 0.6) is 0 Å². The van der Waals surface area contributed by atoms with Crippen molar-refractivity contribution in [1.82, 2.24) is 15.5 Å². The van der Waals surface area contributed by atoms with E-state index in [4.69, 9.17) is 4.42 Å². The lowest BCUT2D eigenvalue weighted by atomic mass is 10.0. The van der Waals surface area contributed by atoms with E-state index in [1.54, 1.807) is 11.2 Å². The van der Waals surface area contributed by atoms with Crippen molar-refractivity contribution in [2.24, 2.45) is 5.92 Å². The summed E-state index contributed by atoms with van der Waals surface area (Å²) in [5.41, 5.74) is 1.99. The molecule has 1 aromatic heterocycles. The number of nitrogens with zero attached hydrogens (tertiary/aromatic N) is 1. The smallest absolute Gasteiger partial charge is 0.244 e. The van der Waals surface area contributed by atoms with E-state index in [2.05, 4.69) is 10.6 Å². The van der Waals surface area contributed by atoms with E-state index >= 15 is 0 Å². The van der Waals surface area contributed by atoms with E-state index in [1.807, 2.05) is 57.2 Å². The fraction of sp³-hybridized carbons (Fsp3) is 0.429. The molecule has 0 spiro atoms. The van der Waals surface area contributed by atoms with Crippen LogP contribution in [0.3, 0.4) is 0 Å². The zero-order chi connectivity index (χ0) is 19.4. The highest BCUT2D eigenvalue weighted by molar-refractivity contribution is 5.89. The number of nitrogens with one attached hydrogen (secondary N) is 2. The van der Waals surface area contributed by atoms with Gasteiger partial charge in [-0.2, -0.15) is 0 Å². The molecular formula is C21H27N3O3. The van der Waals surface area contributed by atoms with E-state index in [1.165, 1.54) is 0 Å². The summed E-state index contributed by atoms with van der Waals surface area (Å²) in [7, 11) is 0. The fourth-order valence-corrected chi connectivity index (χ4v) is 3.36. The quantitative estimate of drug-likeness (QED) is 0.849. The van der Waals surface area contributed by atoms with Crippen LogP contribution in [0.4, 0.5) is 0 Å². The predicted octanol–water partition coefficient (Wildman–Crippen LogP) is 2.41. The Hall–Kier alpha value is -2.60. The summed E-state index contributed by atoms with van der Waals surface area (Å²) >= 11 is 0. The van der Waals surface area contributed by atoms with Gasteiger partial charge in [0.15, 0.2) is 0 Å². The molecule has 3 rings (SSSR count). The molecule has 1 fully saturated rings. The third-order valence-electron chi connectivity index (χ3n) is 4.87. The van der Waals surface area contributed by atoms with Crippen molar-refractivity contribution < 1.29 is 14.0 Å². The molecule has 0 unspecified atom stereocenters. The third kappa shape index (κ3) is 4.39. The normalized spacial score (nSPS) is 19.9. The largest absolute Gasteiger partial charge is 0.464 e. The second-order valence-electron chi connectivity index (χ2n) is 7.32. The molecule has 6 heteroatoms. The highest BCUT2D eigenvalue weighted by atomic mass is 16.3. The van der Waals surface area contributed by atoms with E-state index in [0.717, 1.165) is 16.9 Å². The summed E-state index contributed by atoms with van der Waals surface area (Å²) in [5.74, 6) is 0.579. The van der Waals surface area contributed by atoms with Crippen LogP contribution >= 0.6 is 0 Å². The highest BCUT2D eigenvalue weighted by Gasteiger charge is 2.36. The van der Waals surface area contributed by atoms with Crippen LogP contribution < -0.4 is 10.6 Å². The SMILES string of the molecule is CC(C)C(=O)N1[C@H](C)CNC[C@@H]1C(=O)NCc1ccc(-c2ccco2)cc1. The molecule has 27 heavy (non-hydrogen) atoms. The van der Waals surface area contributed by atoms with Crippen LogP contribution in [0, 0.1) is 5.92 Å². The second-order valence-corrected chi connectivity index (χ2v) is 7.32. The van der Waals surface area contributed by atoms with Crippen LogP contribution in [-0.2, 0) is 16.1 Å². The van der Waals surface area contributed by atoms with Crippen molar-refractivity contribution in [2.45, 2.75) is 39.4 Å². The monoisotopic (exact) mass is 369 g/mol. The Morgan fingerprint density at radius 3 is 2.59 bits per heavy atom. The van der Waals surface area contributed by atoms with E-state index in [-0.39, 0.29) is 23.8 Å². The van der Waals surface area contributed by atoms with E-state index in [9.17, 15) is 9.59 Å². The Kier molecular flexibility index (Phi) is 5.96. The van der Waals surface area contributed by atoms with Gasteiger partial charge in [0.2, 0.25) is 11.8 Å². The molecule has 1 saturated heterocycles. The minimum Gasteiger partial charge on any atom is -0.464 e. The molecule has 144 valence electrons. The molecule has 2 heterocycles. The lowest BCUT2D eigenvalue weighted by molar-refractivity contribution is -0.146. The summed E-state index contributed by atoms with van der Waals surface area (Å²) < 4.78 is 5.39. The first-order chi connectivity index (χ1) is 13.0. The molecule has 1 aromatic carbocycles. The Morgan fingerprint density at radius 1 is 1.22 bits per heavy atom. The maximum absolute atomic E-state index is 12.7. The molecule has 0 saturated carbocycles. The Labute approximate surface area is 159 Å². The van der Waals surface area contributed by atoms with Gasteiger partial charge in [-0.1, -0.05) is 38.1 Å². The van der Waals surface area contributed by atoms with Gasteiger partial charge in [0.25, 0.3) is 0 Å². The third-order valence-corrected chi connectivity index (χ3v) is 4.87. The van der Waals surface area contributed by atoms with Crippen molar-refractivity contribution in [3.63, 3.8) is 0 Å². The minimum absolute atomic E-state index is 0.00280. The van der Waals surface area contributed by atoms with E-state index < -0.39 is 6.04 Å². The number of benzene rings is 1. The molecule has 1 aliphatic heterocycles. The van der Waals surface area contributed by atoms with Gasteiger partial charge in [-0.05, 0) is 24.6 Å². The molecule has 2 N–H and O–H groups in total. The van der Waals surface area contributed by atoms with Crippen molar-refractivity contribution >= 4 is 11.8 Å². The van der Waals surface area contributed by atoms with Gasteiger partial charge in [0, 0.05) is 37.2 Å². The fourth-order valence-electron chi connectivity index (χ4n) is 3.36. The molecule has 2 aromatic rings. The minimum atomic E-state index is -0.481. The summed E-state index contributed by atoms with van der Waals surface area (Å²) in [4.78, 5) is 27.0. The number of hydrogen-bond donors (Lipinski definition) is 2. The van der Waals surface area contributed by atoms with Gasteiger partial charge < -0.3 is 20.0 Å². The molecule has 2 atom stereocenters. The molecule has 6 nitrogen and oxygen atoms in total. The van der Waals surface area contributed by atoms with Gasteiger partial charge in [-0.3, -0.25) is 9.59 Å². The summed E-state index contributed by atoms with van der Waals surface area (Å²) in [5, 5.41) is 6.22. The van der Waals surface area contributed by atoms with Gasteiger partial charge in [-0.15, -0.1) is 0 Å². The average molecular weight is 369 g/mol. The number of rotatable bonds is 5. The average Bonchev–Trinajstić information content (AvgIpc) is 3.20. The molecule has 0 aliphatic carbocycles. The van der Waals surface area contributed by atoms with Crippen molar-refractivity contribution in [3.8, 4) is 11.3 Å². The van der Waals surface area contributed by atoms with Gasteiger partial charge in [0.1, 0.15) is 11.8 Å². The molecular weight excluding hydrogens is 342 g/mol. The number of hydrogen-bond acceptors (Lipinski definition) is 4. The van der Waals surface area contributed by atoms with Crippen LogP contribution in [-0.4, -0.2) is 41.9 Å². The molecule has 2 amide bonds. The lowest BCUT2D eigenvalue weighted by Crippen LogP contribution is -2.63. The van der Waals surface area contributed by atoms with Crippen LogP contribution in [0.25, 0.3) is 11.3 Å². The molecule has 1 aliphatic rings. The topological polar surface area (TPSA) is 74.6 Å². The second kappa shape index (κ2) is 8.39. The number of amides is 2. The zero-order valence-electron chi connectivity index (χ0n) is 16.1. The molecule has 0 radical (unpaired) electrons. The Balaban J connectivity index is 1.63. The summed E-state index contributed by atoms with van der Waals surface area (Å²) in [6, 6.07) is 11.2. The Bertz CT molecular complexity index is 768.